The molecular weight excluding hydrogens is 230 g/mol. The Morgan fingerprint density at radius 1 is 1.44 bits per heavy atom. The Labute approximate surface area is 105 Å². The Hall–Kier alpha value is -1.85. The number of nitrogens with zero attached hydrogens (tertiary/aromatic N) is 1. The molecule has 0 aliphatic carbocycles. The van der Waals surface area contributed by atoms with E-state index in [1.807, 2.05) is 30.5 Å². The molecule has 0 aliphatic rings. The van der Waals surface area contributed by atoms with E-state index in [0.29, 0.717) is 0 Å². The molecule has 0 radical (unpaired) electrons. The summed E-state index contributed by atoms with van der Waals surface area (Å²) < 4.78 is 0. The van der Waals surface area contributed by atoms with Crippen LogP contribution in [-0.2, 0) is 11.2 Å². The van der Waals surface area contributed by atoms with Gasteiger partial charge in [-0.25, -0.2) is 4.79 Å². The molecule has 18 heavy (non-hydrogen) atoms. The molecule has 1 aromatic carbocycles. The number of carboxylic acid groups (broad SMARTS) is 1. The lowest BCUT2D eigenvalue weighted by Crippen LogP contribution is -2.60. The number of nitrogens with two attached hydrogens (primary N) is 1. The van der Waals surface area contributed by atoms with Crippen LogP contribution >= 0.6 is 0 Å². The molecule has 1 heterocycles. The highest BCUT2D eigenvalue weighted by Crippen LogP contribution is 2.22. The van der Waals surface area contributed by atoms with Crippen LogP contribution < -0.4 is 5.73 Å². The number of rotatable bonds is 4. The van der Waals surface area contributed by atoms with E-state index in [4.69, 9.17) is 5.73 Å². The van der Waals surface area contributed by atoms with E-state index in [2.05, 4.69) is 4.98 Å². The van der Waals surface area contributed by atoms with Gasteiger partial charge in [0.05, 0.1) is 0 Å². The van der Waals surface area contributed by atoms with Crippen molar-refractivity contribution in [3.8, 4) is 0 Å². The van der Waals surface area contributed by atoms with Gasteiger partial charge < -0.3 is 15.8 Å². The van der Waals surface area contributed by atoms with E-state index >= 15 is 0 Å². The summed E-state index contributed by atoms with van der Waals surface area (Å²) >= 11 is 0. The van der Waals surface area contributed by atoms with E-state index in [1.165, 1.54) is 4.90 Å². The Kier molecular flexibility index (Phi) is 3.11. The second kappa shape index (κ2) is 4.44. The Balaban J connectivity index is 2.41. The molecule has 5 heteroatoms. The minimum atomic E-state index is -1.40. The summed E-state index contributed by atoms with van der Waals surface area (Å²) in [5.41, 5.74) is 6.47. The zero-order chi connectivity index (χ0) is 13.3. The molecule has 2 rings (SSSR count). The first-order valence-corrected chi connectivity index (χ1v) is 5.70. The number of nitrogens with one attached hydrogen (secondary N) is 1. The summed E-state index contributed by atoms with van der Waals surface area (Å²) in [6.45, 7) is 0. The van der Waals surface area contributed by atoms with Crippen molar-refractivity contribution in [1.29, 1.82) is 0 Å². The zero-order valence-electron chi connectivity index (χ0n) is 10.5. The fourth-order valence-corrected chi connectivity index (χ4v) is 1.99. The maximum atomic E-state index is 11.3. The van der Waals surface area contributed by atoms with Crippen molar-refractivity contribution in [2.24, 2.45) is 5.73 Å². The maximum absolute atomic E-state index is 11.3. The lowest BCUT2D eigenvalue weighted by molar-refractivity contribution is -0.149. The second-order valence-electron chi connectivity index (χ2n) is 4.66. The summed E-state index contributed by atoms with van der Waals surface area (Å²) in [6, 6.07) is 7.77. The first-order valence-electron chi connectivity index (χ1n) is 5.70. The van der Waals surface area contributed by atoms with E-state index in [9.17, 15) is 9.90 Å². The summed E-state index contributed by atoms with van der Waals surface area (Å²) in [4.78, 5) is 16.0. The summed E-state index contributed by atoms with van der Waals surface area (Å²) in [5, 5.41) is 10.3. The molecule has 4 N–H and O–H groups in total. The average molecular weight is 247 g/mol. The van der Waals surface area contributed by atoms with Crippen molar-refractivity contribution >= 4 is 16.9 Å². The lowest BCUT2D eigenvalue weighted by Gasteiger charge is -2.31. The number of carboxylic acids is 1. The van der Waals surface area contributed by atoms with E-state index in [-0.39, 0.29) is 6.42 Å². The standard InChI is InChI=1S/C13H17N3O2/c1-16(2)13(14,12(17)18)7-9-8-15-11-6-4-3-5-10(9)11/h3-6,8,15H,7,14H2,1-2H3,(H,17,18)/t13-/m0/s1. The number of fused-ring (bicyclic) bond motifs is 1. The van der Waals surface area contributed by atoms with Gasteiger partial charge in [0.1, 0.15) is 0 Å². The molecule has 0 aliphatic heterocycles. The Bertz CT molecular complexity index is 576. The number of H-pyrrole nitrogens is 1. The third-order valence-corrected chi connectivity index (χ3v) is 3.30. The number of hydrogen-bond donors (Lipinski definition) is 3. The number of hydrogen-bond acceptors (Lipinski definition) is 3. The van der Waals surface area contributed by atoms with Gasteiger partial charge >= 0.3 is 5.97 Å². The number of aromatic nitrogens is 1. The van der Waals surface area contributed by atoms with Crippen molar-refractivity contribution in [1.82, 2.24) is 9.88 Å². The van der Waals surface area contributed by atoms with Crippen LogP contribution in [-0.4, -0.2) is 40.7 Å². The predicted octanol–water partition coefficient (Wildman–Crippen LogP) is 1.01. The number of aromatic amines is 1. The summed E-state index contributed by atoms with van der Waals surface area (Å²) in [6.07, 6.45) is 2.07. The molecular formula is C13H17N3O2. The summed E-state index contributed by atoms with van der Waals surface area (Å²) in [5.74, 6) is -1.03. The highest BCUT2D eigenvalue weighted by atomic mass is 16.4. The monoisotopic (exact) mass is 247 g/mol. The fraction of sp³-hybridized carbons (Fsp3) is 0.308. The average Bonchev–Trinajstić information content (AvgIpc) is 2.72. The third-order valence-electron chi connectivity index (χ3n) is 3.30. The lowest BCUT2D eigenvalue weighted by atomic mass is 9.99. The van der Waals surface area contributed by atoms with Gasteiger partial charge in [0.2, 0.25) is 0 Å². The van der Waals surface area contributed by atoms with Crippen molar-refractivity contribution in [3.05, 3.63) is 36.0 Å². The molecule has 96 valence electrons. The minimum absolute atomic E-state index is 0.249. The van der Waals surface area contributed by atoms with E-state index < -0.39 is 11.6 Å². The number of carbonyl (C=O) groups is 1. The Morgan fingerprint density at radius 3 is 2.72 bits per heavy atom. The molecule has 0 spiro atoms. The Morgan fingerprint density at radius 2 is 2.11 bits per heavy atom. The first-order chi connectivity index (χ1) is 8.45. The molecule has 0 unspecified atom stereocenters. The van der Waals surface area contributed by atoms with Gasteiger partial charge in [-0.3, -0.25) is 4.90 Å². The van der Waals surface area contributed by atoms with E-state index in [1.54, 1.807) is 14.1 Å². The molecule has 1 aromatic heterocycles. The van der Waals surface area contributed by atoms with Gasteiger partial charge in [0.15, 0.2) is 5.66 Å². The van der Waals surface area contributed by atoms with Crippen LogP contribution in [0.4, 0.5) is 0 Å². The SMILES string of the molecule is CN(C)[C@@](N)(Cc1c[nH]c2ccccc12)C(=O)O. The fourth-order valence-electron chi connectivity index (χ4n) is 1.99. The topological polar surface area (TPSA) is 82.3 Å². The third kappa shape index (κ3) is 1.98. The van der Waals surface area contributed by atoms with Crippen LogP contribution in [0.15, 0.2) is 30.5 Å². The van der Waals surface area contributed by atoms with E-state index in [0.717, 1.165) is 16.5 Å². The van der Waals surface area contributed by atoms with Gasteiger partial charge in [-0.2, -0.15) is 0 Å². The highest BCUT2D eigenvalue weighted by Gasteiger charge is 2.37. The van der Waals surface area contributed by atoms with Crippen LogP contribution in [0.1, 0.15) is 5.56 Å². The molecule has 0 saturated carbocycles. The normalized spacial score (nSPS) is 14.9. The number of para-hydroxylation sites is 1. The summed E-state index contributed by atoms with van der Waals surface area (Å²) in [7, 11) is 3.34. The van der Waals surface area contributed by atoms with Gasteiger partial charge in [0, 0.05) is 23.5 Å². The largest absolute Gasteiger partial charge is 0.479 e. The van der Waals surface area contributed by atoms with Gasteiger partial charge in [-0.15, -0.1) is 0 Å². The van der Waals surface area contributed by atoms with Crippen LogP contribution in [0.2, 0.25) is 0 Å². The van der Waals surface area contributed by atoms with Crippen molar-refractivity contribution in [2.45, 2.75) is 12.1 Å². The van der Waals surface area contributed by atoms with Gasteiger partial charge in [0.25, 0.3) is 0 Å². The number of likely N-dealkylation sites (N-methyl/N-ethyl adjacent to an activating group) is 1. The molecule has 2 aromatic rings. The molecule has 1 atom stereocenters. The first kappa shape index (κ1) is 12.6. The van der Waals surface area contributed by atoms with Gasteiger partial charge in [-0.05, 0) is 25.7 Å². The van der Waals surface area contributed by atoms with Gasteiger partial charge in [-0.1, -0.05) is 18.2 Å². The van der Waals surface area contributed by atoms with Crippen LogP contribution in [0.5, 0.6) is 0 Å². The second-order valence-corrected chi connectivity index (χ2v) is 4.66. The number of benzene rings is 1. The van der Waals surface area contributed by atoms with Crippen LogP contribution in [0, 0.1) is 0 Å². The smallest absolute Gasteiger partial charge is 0.339 e. The maximum Gasteiger partial charge on any atom is 0.339 e. The van der Waals surface area contributed by atoms with Crippen LogP contribution in [0.25, 0.3) is 10.9 Å². The van der Waals surface area contributed by atoms with Crippen molar-refractivity contribution in [2.75, 3.05) is 14.1 Å². The highest BCUT2D eigenvalue weighted by molar-refractivity contribution is 5.85. The zero-order valence-corrected chi connectivity index (χ0v) is 10.5. The molecule has 0 amide bonds. The van der Waals surface area contributed by atoms with Crippen molar-refractivity contribution in [3.63, 3.8) is 0 Å². The molecule has 0 bridgehead atoms. The van der Waals surface area contributed by atoms with Crippen molar-refractivity contribution < 1.29 is 9.90 Å². The quantitative estimate of drug-likeness (QED) is 0.704. The molecule has 0 fully saturated rings. The molecule has 5 nitrogen and oxygen atoms in total. The molecule has 0 saturated heterocycles. The van der Waals surface area contributed by atoms with Crippen LogP contribution in [0.3, 0.4) is 0 Å². The predicted molar refractivity (Wildman–Crippen MR) is 70.2 cm³/mol. The minimum Gasteiger partial charge on any atom is -0.479 e. The number of aliphatic carboxylic acids is 1.